The largest absolute Gasteiger partial charge is 0.293 e. The average molecular weight is 322 g/mol. The predicted octanol–water partition coefficient (Wildman–Crippen LogP) is 3.28. The third-order valence-electron chi connectivity index (χ3n) is 4.59. The maximum absolute atomic E-state index is 14.0. The number of benzene rings is 1. The molecular weight excluding hydrogens is 303 g/mol. The van der Waals surface area contributed by atoms with Gasteiger partial charge in [-0.15, -0.1) is 0 Å². The monoisotopic (exact) mass is 322 g/mol. The molecule has 0 bridgehead atoms. The van der Waals surface area contributed by atoms with Crippen LogP contribution in [0.2, 0.25) is 0 Å². The highest BCUT2D eigenvalue weighted by Crippen LogP contribution is 2.23. The number of nitrogens with zero attached hydrogens (tertiary/aromatic N) is 4. The molecule has 0 N–H and O–H groups in total. The molecule has 0 amide bonds. The summed E-state index contributed by atoms with van der Waals surface area (Å²) in [5.74, 6) is 0.677. The molecule has 24 heavy (non-hydrogen) atoms. The summed E-state index contributed by atoms with van der Waals surface area (Å²) >= 11 is 0. The summed E-state index contributed by atoms with van der Waals surface area (Å²) in [6, 6.07) is 6.94. The lowest BCUT2D eigenvalue weighted by atomic mass is 10.0. The first kappa shape index (κ1) is 15.1. The van der Waals surface area contributed by atoms with E-state index < -0.39 is 0 Å². The maximum atomic E-state index is 14.0. The summed E-state index contributed by atoms with van der Waals surface area (Å²) in [5.41, 5.74) is 4.17. The third-order valence-corrected chi connectivity index (χ3v) is 4.59. The van der Waals surface area contributed by atoms with Gasteiger partial charge in [0.05, 0.1) is 11.2 Å². The molecule has 3 heterocycles. The molecule has 0 saturated carbocycles. The van der Waals surface area contributed by atoms with Crippen molar-refractivity contribution >= 4 is 10.9 Å². The normalized spacial score (nSPS) is 14.8. The van der Waals surface area contributed by atoms with Gasteiger partial charge in [-0.1, -0.05) is 13.0 Å². The van der Waals surface area contributed by atoms with Crippen LogP contribution in [-0.4, -0.2) is 26.4 Å². The summed E-state index contributed by atoms with van der Waals surface area (Å²) in [6.07, 6.45) is 5.48. The van der Waals surface area contributed by atoms with Crippen LogP contribution < -0.4 is 0 Å². The highest BCUT2D eigenvalue weighted by atomic mass is 19.1. The summed E-state index contributed by atoms with van der Waals surface area (Å²) in [6.45, 7) is 4.57. The molecular formula is C19H19FN4. The SMILES string of the molecule is CCc1ncc2c(n1)CN(Cc1ccc(F)c3cccnc13)CC2. The van der Waals surface area contributed by atoms with Gasteiger partial charge in [0.2, 0.25) is 0 Å². The molecule has 0 saturated heterocycles. The van der Waals surface area contributed by atoms with E-state index in [0.29, 0.717) is 5.39 Å². The second kappa shape index (κ2) is 6.24. The summed E-state index contributed by atoms with van der Waals surface area (Å²) < 4.78 is 14.0. The lowest BCUT2D eigenvalue weighted by molar-refractivity contribution is 0.241. The van der Waals surface area contributed by atoms with Crippen molar-refractivity contribution in [3.63, 3.8) is 0 Å². The number of hydrogen-bond acceptors (Lipinski definition) is 4. The molecule has 5 heteroatoms. The smallest absolute Gasteiger partial charge is 0.132 e. The Balaban J connectivity index is 1.62. The van der Waals surface area contributed by atoms with Crippen LogP contribution in [-0.2, 0) is 25.9 Å². The van der Waals surface area contributed by atoms with E-state index in [2.05, 4.69) is 26.8 Å². The first-order valence-corrected chi connectivity index (χ1v) is 8.32. The number of hydrogen-bond donors (Lipinski definition) is 0. The fraction of sp³-hybridized carbons (Fsp3) is 0.316. The molecule has 2 aromatic heterocycles. The number of fused-ring (bicyclic) bond motifs is 2. The minimum Gasteiger partial charge on any atom is -0.293 e. The number of aryl methyl sites for hydroxylation is 1. The first-order valence-electron chi connectivity index (χ1n) is 8.32. The Bertz CT molecular complexity index is 894. The van der Waals surface area contributed by atoms with Crippen molar-refractivity contribution in [1.29, 1.82) is 0 Å². The van der Waals surface area contributed by atoms with Crippen LogP contribution in [0.1, 0.15) is 29.6 Å². The third kappa shape index (κ3) is 2.76. The molecule has 0 atom stereocenters. The molecule has 1 aliphatic rings. The van der Waals surface area contributed by atoms with Gasteiger partial charge in [0.15, 0.2) is 0 Å². The molecule has 122 valence electrons. The lowest BCUT2D eigenvalue weighted by Crippen LogP contribution is -2.31. The van der Waals surface area contributed by atoms with Gasteiger partial charge in [0.1, 0.15) is 11.6 Å². The van der Waals surface area contributed by atoms with Crippen molar-refractivity contribution in [3.8, 4) is 0 Å². The van der Waals surface area contributed by atoms with Gasteiger partial charge >= 0.3 is 0 Å². The highest BCUT2D eigenvalue weighted by molar-refractivity contribution is 5.82. The van der Waals surface area contributed by atoms with E-state index in [-0.39, 0.29) is 5.82 Å². The molecule has 0 aliphatic carbocycles. The van der Waals surface area contributed by atoms with Gasteiger partial charge < -0.3 is 0 Å². The van der Waals surface area contributed by atoms with Crippen LogP contribution >= 0.6 is 0 Å². The van der Waals surface area contributed by atoms with E-state index in [1.54, 1.807) is 18.3 Å². The van der Waals surface area contributed by atoms with Gasteiger partial charge in [-0.25, -0.2) is 14.4 Å². The predicted molar refractivity (Wildman–Crippen MR) is 90.9 cm³/mol. The minimum atomic E-state index is -0.217. The Morgan fingerprint density at radius 2 is 2.12 bits per heavy atom. The quantitative estimate of drug-likeness (QED) is 0.742. The van der Waals surface area contributed by atoms with Crippen LogP contribution in [0.3, 0.4) is 0 Å². The number of halogens is 1. The molecule has 0 spiro atoms. The van der Waals surface area contributed by atoms with E-state index in [9.17, 15) is 4.39 Å². The molecule has 1 aliphatic heterocycles. The Hall–Kier alpha value is -2.40. The molecule has 1 aromatic carbocycles. The Kier molecular flexibility index (Phi) is 3.94. The van der Waals surface area contributed by atoms with Crippen molar-refractivity contribution < 1.29 is 4.39 Å². The molecule has 0 unspecified atom stereocenters. The number of aromatic nitrogens is 3. The Morgan fingerprint density at radius 3 is 3.00 bits per heavy atom. The van der Waals surface area contributed by atoms with Crippen LogP contribution in [0.4, 0.5) is 4.39 Å². The van der Waals surface area contributed by atoms with E-state index in [1.165, 1.54) is 11.6 Å². The van der Waals surface area contributed by atoms with Gasteiger partial charge in [-0.2, -0.15) is 0 Å². The Morgan fingerprint density at radius 1 is 1.21 bits per heavy atom. The lowest BCUT2D eigenvalue weighted by Gasteiger charge is -2.28. The number of rotatable bonds is 3. The molecule has 4 nitrogen and oxygen atoms in total. The topological polar surface area (TPSA) is 41.9 Å². The molecule has 4 rings (SSSR count). The van der Waals surface area contributed by atoms with Crippen molar-refractivity contribution in [2.75, 3.05) is 6.54 Å². The summed E-state index contributed by atoms with van der Waals surface area (Å²) in [5, 5.41) is 0.586. The van der Waals surface area contributed by atoms with Crippen LogP contribution in [0.15, 0.2) is 36.7 Å². The van der Waals surface area contributed by atoms with Crippen molar-refractivity contribution in [2.24, 2.45) is 0 Å². The highest BCUT2D eigenvalue weighted by Gasteiger charge is 2.19. The second-order valence-corrected chi connectivity index (χ2v) is 6.18. The Labute approximate surface area is 140 Å². The zero-order valence-electron chi connectivity index (χ0n) is 13.7. The van der Waals surface area contributed by atoms with Crippen molar-refractivity contribution in [1.82, 2.24) is 19.9 Å². The summed E-state index contributed by atoms with van der Waals surface area (Å²) in [4.78, 5) is 15.8. The van der Waals surface area contributed by atoms with E-state index >= 15 is 0 Å². The van der Waals surface area contributed by atoms with Crippen molar-refractivity contribution in [2.45, 2.75) is 32.9 Å². The average Bonchev–Trinajstić information content (AvgIpc) is 2.63. The van der Waals surface area contributed by atoms with Gasteiger partial charge in [0, 0.05) is 43.8 Å². The zero-order valence-corrected chi connectivity index (χ0v) is 13.7. The fourth-order valence-corrected chi connectivity index (χ4v) is 3.27. The van der Waals surface area contributed by atoms with Crippen LogP contribution in [0, 0.1) is 5.82 Å². The number of pyridine rings is 1. The van der Waals surface area contributed by atoms with E-state index in [0.717, 1.165) is 55.1 Å². The van der Waals surface area contributed by atoms with Gasteiger partial charge in [-0.3, -0.25) is 9.88 Å². The minimum absolute atomic E-state index is 0.217. The van der Waals surface area contributed by atoms with Crippen LogP contribution in [0.25, 0.3) is 10.9 Å². The molecule has 3 aromatic rings. The zero-order chi connectivity index (χ0) is 16.5. The van der Waals surface area contributed by atoms with Gasteiger partial charge in [0.25, 0.3) is 0 Å². The van der Waals surface area contributed by atoms with Gasteiger partial charge in [-0.05, 0) is 35.7 Å². The molecule has 0 radical (unpaired) electrons. The van der Waals surface area contributed by atoms with E-state index in [1.807, 2.05) is 12.3 Å². The molecule has 0 fully saturated rings. The van der Waals surface area contributed by atoms with E-state index in [4.69, 9.17) is 0 Å². The summed E-state index contributed by atoms with van der Waals surface area (Å²) in [7, 11) is 0. The second-order valence-electron chi connectivity index (χ2n) is 6.18. The van der Waals surface area contributed by atoms with Crippen LogP contribution in [0.5, 0.6) is 0 Å². The maximum Gasteiger partial charge on any atom is 0.132 e. The fourth-order valence-electron chi connectivity index (χ4n) is 3.27. The standard InChI is InChI=1S/C19H19FN4/c1-2-18-22-10-13-7-9-24(12-17(13)23-18)11-14-5-6-16(20)15-4-3-8-21-19(14)15/h3-6,8,10H,2,7,9,11-12H2,1H3. The first-order chi connectivity index (χ1) is 11.7. The van der Waals surface area contributed by atoms with Crippen molar-refractivity contribution in [3.05, 3.63) is 65.1 Å².